The molecule has 1 aromatic rings. The Hall–Kier alpha value is -1.39. The molecule has 0 aliphatic heterocycles. The van der Waals surface area contributed by atoms with E-state index in [0.717, 1.165) is 25.0 Å². The minimum absolute atomic E-state index is 0.0323. The number of hydrogen-bond acceptors (Lipinski definition) is 3. The van der Waals surface area contributed by atoms with Gasteiger partial charge in [-0.3, -0.25) is 4.79 Å². The molecule has 1 amide bonds. The molecule has 0 radical (unpaired) electrons. The van der Waals surface area contributed by atoms with E-state index in [4.69, 9.17) is 4.74 Å². The van der Waals surface area contributed by atoms with Crippen molar-refractivity contribution in [2.75, 3.05) is 13.2 Å². The molecule has 0 saturated heterocycles. The lowest BCUT2D eigenvalue weighted by molar-refractivity contribution is -0.125. The van der Waals surface area contributed by atoms with E-state index in [-0.39, 0.29) is 18.6 Å². The number of aliphatic hydroxyl groups is 1. The second-order valence-electron chi connectivity index (χ2n) is 5.76. The minimum atomic E-state index is -0.206. The van der Waals surface area contributed by atoms with Crippen LogP contribution in [0.1, 0.15) is 31.7 Å². The van der Waals surface area contributed by atoms with E-state index in [2.05, 4.69) is 5.32 Å². The highest BCUT2D eigenvalue weighted by atomic mass is 16.5. The van der Waals surface area contributed by atoms with Crippen molar-refractivity contribution in [2.45, 2.75) is 44.8 Å². The molecular formula is C17H25NO3. The van der Waals surface area contributed by atoms with Crippen molar-refractivity contribution in [3.05, 3.63) is 35.9 Å². The summed E-state index contributed by atoms with van der Waals surface area (Å²) in [5, 5.41) is 12.4. The number of rotatable bonds is 8. The van der Waals surface area contributed by atoms with Crippen molar-refractivity contribution in [3.63, 3.8) is 0 Å². The first-order valence-electron chi connectivity index (χ1n) is 7.77. The molecule has 2 N–H and O–H groups in total. The lowest BCUT2D eigenvalue weighted by Crippen LogP contribution is -2.42. The Kier molecular flexibility index (Phi) is 6.21. The number of aliphatic hydroxyl groups excluding tert-OH is 1. The molecule has 4 nitrogen and oxygen atoms in total. The van der Waals surface area contributed by atoms with Crippen LogP contribution in [-0.4, -0.2) is 36.4 Å². The quantitative estimate of drug-likeness (QED) is 0.769. The van der Waals surface area contributed by atoms with E-state index in [0.29, 0.717) is 24.9 Å². The molecule has 1 fully saturated rings. The van der Waals surface area contributed by atoms with Crippen LogP contribution in [0.25, 0.3) is 0 Å². The maximum absolute atomic E-state index is 12.0. The van der Waals surface area contributed by atoms with Gasteiger partial charge in [0, 0.05) is 13.0 Å². The second-order valence-corrected chi connectivity index (χ2v) is 5.76. The van der Waals surface area contributed by atoms with Gasteiger partial charge >= 0.3 is 0 Å². The molecule has 2 rings (SSSR count). The number of hydrogen-bond donors (Lipinski definition) is 2. The summed E-state index contributed by atoms with van der Waals surface area (Å²) >= 11 is 0. The smallest absolute Gasteiger partial charge is 0.220 e. The molecule has 0 aromatic heterocycles. The van der Waals surface area contributed by atoms with Crippen molar-refractivity contribution < 1.29 is 14.6 Å². The van der Waals surface area contributed by atoms with Crippen LogP contribution in [0, 0.1) is 5.92 Å². The zero-order chi connectivity index (χ0) is 15.1. The molecule has 21 heavy (non-hydrogen) atoms. The molecule has 1 aromatic carbocycles. The molecule has 1 saturated carbocycles. The topological polar surface area (TPSA) is 58.6 Å². The van der Waals surface area contributed by atoms with Crippen molar-refractivity contribution >= 4 is 5.91 Å². The Balaban J connectivity index is 1.71. The standard InChI is InChI=1S/C17H25NO3/c1-2-21-16-9-14(10-16)11-17(20)18-15(12-19)8-13-6-4-3-5-7-13/h3-7,14-16,19H,2,8-12H2,1H3,(H,18,20). The number of carbonyl (C=O) groups excluding carboxylic acids is 1. The highest BCUT2D eigenvalue weighted by Crippen LogP contribution is 2.32. The third-order valence-electron chi connectivity index (χ3n) is 3.98. The van der Waals surface area contributed by atoms with Crippen molar-refractivity contribution in [2.24, 2.45) is 5.92 Å². The first kappa shape index (κ1) is 16.0. The van der Waals surface area contributed by atoms with Gasteiger partial charge in [-0.15, -0.1) is 0 Å². The normalized spacial score (nSPS) is 22.4. The van der Waals surface area contributed by atoms with E-state index >= 15 is 0 Å². The summed E-state index contributed by atoms with van der Waals surface area (Å²) in [6, 6.07) is 9.70. The Morgan fingerprint density at radius 1 is 1.38 bits per heavy atom. The van der Waals surface area contributed by atoms with E-state index < -0.39 is 0 Å². The second kappa shape index (κ2) is 8.15. The Bertz CT molecular complexity index is 429. The molecule has 0 spiro atoms. The first-order chi connectivity index (χ1) is 10.2. The molecule has 0 bridgehead atoms. The van der Waals surface area contributed by atoms with Crippen molar-refractivity contribution in [1.29, 1.82) is 0 Å². The predicted octanol–water partition coefficient (Wildman–Crippen LogP) is 1.91. The summed E-state index contributed by atoms with van der Waals surface area (Å²) in [7, 11) is 0. The molecule has 1 aliphatic rings. The van der Waals surface area contributed by atoms with Crippen molar-refractivity contribution in [3.8, 4) is 0 Å². The van der Waals surface area contributed by atoms with Crippen LogP contribution < -0.4 is 5.32 Å². The zero-order valence-corrected chi connectivity index (χ0v) is 12.6. The molecule has 4 heteroatoms. The zero-order valence-electron chi connectivity index (χ0n) is 12.6. The van der Waals surface area contributed by atoms with Crippen LogP contribution in [0.3, 0.4) is 0 Å². The number of amides is 1. The summed E-state index contributed by atoms with van der Waals surface area (Å²) < 4.78 is 5.50. The average Bonchev–Trinajstić information content (AvgIpc) is 2.45. The molecule has 1 atom stereocenters. The summed E-state index contributed by atoms with van der Waals surface area (Å²) in [5.74, 6) is 0.461. The van der Waals surface area contributed by atoms with Crippen LogP contribution >= 0.6 is 0 Å². The number of benzene rings is 1. The van der Waals surface area contributed by atoms with Gasteiger partial charge in [-0.2, -0.15) is 0 Å². The third kappa shape index (κ3) is 5.14. The molecule has 1 unspecified atom stereocenters. The van der Waals surface area contributed by atoms with E-state index in [1.165, 1.54) is 0 Å². The van der Waals surface area contributed by atoms with Crippen LogP contribution in [0.15, 0.2) is 30.3 Å². The Morgan fingerprint density at radius 3 is 2.71 bits per heavy atom. The Labute approximate surface area is 126 Å². The molecule has 116 valence electrons. The largest absolute Gasteiger partial charge is 0.394 e. The fraction of sp³-hybridized carbons (Fsp3) is 0.588. The lowest BCUT2D eigenvalue weighted by Gasteiger charge is -2.34. The first-order valence-corrected chi connectivity index (χ1v) is 7.77. The van der Waals surface area contributed by atoms with Crippen LogP contribution in [0.5, 0.6) is 0 Å². The van der Waals surface area contributed by atoms with Gasteiger partial charge in [0.2, 0.25) is 5.91 Å². The SMILES string of the molecule is CCOC1CC(CC(=O)NC(CO)Cc2ccccc2)C1. The monoisotopic (exact) mass is 291 g/mol. The number of nitrogens with one attached hydrogen (secondary N) is 1. The van der Waals surface area contributed by atoms with Gasteiger partial charge in [0.15, 0.2) is 0 Å². The van der Waals surface area contributed by atoms with Crippen LogP contribution in [0.4, 0.5) is 0 Å². The average molecular weight is 291 g/mol. The van der Waals surface area contributed by atoms with Crippen molar-refractivity contribution in [1.82, 2.24) is 5.32 Å². The number of carbonyl (C=O) groups is 1. The van der Waals surface area contributed by atoms with Gasteiger partial charge in [-0.25, -0.2) is 0 Å². The fourth-order valence-corrected chi connectivity index (χ4v) is 2.82. The van der Waals surface area contributed by atoms with Gasteiger partial charge < -0.3 is 15.2 Å². The lowest BCUT2D eigenvalue weighted by atomic mass is 9.80. The Morgan fingerprint density at radius 2 is 2.10 bits per heavy atom. The van der Waals surface area contributed by atoms with Gasteiger partial charge in [0.1, 0.15) is 0 Å². The van der Waals surface area contributed by atoms with E-state index in [9.17, 15) is 9.90 Å². The third-order valence-corrected chi connectivity index (χ3v) is 3.98. The predicted molar refractivity (Wildman–Crippen MR) is 81.9 cm³/mol. The van der Waals surface area contributed by atoms with E-state index in [1.54, 1.807) is 0 Å². The molecule has 0 heterocycles. The van der Waals surface area contributed by atoms with Gasteiger partial charge in [-0.1, -0.05) is 30.3 Å². The highest BCUT2D eigenvalue weighted by molar-refractivity contribution is 5.76. The van der Waals surface area contributed by atoms with E-state index in [1.807, 2.05) is 37.3 Å². The fourth-order valence-electron chi connectivity index (χ4n) is 2.82. The highest BCUT2D eigenvalue weighted by Gasteiger charge is 2.31. The maximum atomic E-state index is 12.0. The van der Waals surface area contributed by atoms with Gasteiger partial charge in [0.25, 0.3) is 0 Å². The van der Waals surface area contributed by atoms with Crippen LogP contribution in [0.2, 0.25) is 0 Å². The van der Waals surface area contributed by atoms with Gasteiger partial charge in [-0.05, 0) is 37.7 Å². The number of ether oxygens (including phenoxy) is 1. The summed E-state index contributed by atoms with van der Waals surface area (Å²) in [6.45, 7) is 2.70. The summed E-state index contributed by atoms with van der Waals surface area (Å²) in [4.78, 5) is 12.0. The van der Waals surface area contributed by atoms with Gasteiger partial charge in [0.05, 0.1) is 18.8 Å². The minimum Gasteiger partial charge on any atom is -0.394 e. The molecular weight excluding hydrogens is 266 g/mol. The summed E-state index contributed by atoms with van der Waals surface area (Å²) in [5.41, 5.74) is 1.12. The van der Waals surface area contributed by atoms with Crippen LogP contribution in [-0.2, 0) is 16.0 Å². The molecule has 1 aliphatic carbocycles. The maximum Gasteiger partial charge on any atom is 0.220 e. The summed E-state index contributed by atoms with van der Waals surface area (Å²) in [6.07, 6.45) is 3.49.